The van der Waals surface area contributed by atoms with Crippen LogP contribution in [0.5, 0.6) is 0 Å². The van der Waals surface area contributed by atoms with Gasteiger partial charge in [-0.05, 0) is 96.9 Å². The molecular formula is C50H44N2S. The van der Waals surface area contributed by atoms with E-state index in [0.29, 0.717) is 6.54 Å². The zero-order chi connectivity index (χ0) is 36.9. The van der Waals surface area contributed by atoms with Crippen molar-refractivity contribution in [2.75, 3.05) is 6.54 Å². The lowest BCUT2D eigenvalue weighted by atomic mass is 9.91. The molecule has 1 aliphatic rings. The maximum atomic E-state index is 7.01. The molecule has 0 atom stereocenters. The third-order valence-electron chi connectivity index (χ3n) is 9.52. The van der Waals surface area contributed by atoms with Gasteiger partial charge >= 0.3 is 0 Å². The normalized spacial score (nSPS) is 14.2. The van der Waals surface area contributed by atoms with E-state index in [1.807, 2.05) is 12.2 Å². The largest absolute Gasteiger partial charge is 0.397 e. The molecule has 7 aromatic carbocycles. The number of nitrogens with zero attached hydrogens (tertiary/aromatic N) is 1. The average Bonchev–Trinajstić information content (AvgIpc) is 3.58. The Labute approximate surface area is 317 Å². The summed E-state index contributed by atoms with van der Waals surface area (Å²) in [6, 6.07) is 48.1. The van der Waals surface area contributed by atoms with Gasteiger partial charge in [-0.2, -0.15) is 0 Å². The fourth-order valence-electron chi connectivity index (χ4n) is 7.00. The van der Waals surface area contributed by atoms with E-state index in [4.69, 9.17) is 10.7 Å². The molecule has 7 aromatic rings. The van der Waals surface area contributed by atoms with E-state index < -0.39 is 0 Å². The van der Waals surface area contributed by atoms with E-state index >= 15 is 0 Å². The first-order valence-electron chi connectivity index (χ1n) is 18.3. The second kappa shape index (κ2) is 15.8. The van der Waals surface area contributed by atoms with Gasteiger partial charge in [0.05, 0.1) is 22.9 Å². The summed E-state index contributed by atoms with van der Waals surface area (Å²) in [7, 11) is 0. The Morgan fingerprint density at radius 1 is 0.642 bits per heavy atom. The Kier molecular flexibility index (Phi) is 10.6. The number of hydrogen-bond acceptors (Lipinski definition) is 3. The number of allylic oxidation sites excluding steroid dienone is 3. The SMILES string of the molecule is C=C/C=C(\C=C)CN=C1/C(=C(\N)c2cccc(-c3cccc(-c4ccc5c6ccc(C)cc6c6ccccc6c5c4)c3)c2)Sc2ccccc21.CCC. The summed E-state index contributed by atoms with van der Waals surface area (Å²) in [4.78, 5) is 7.18. The van der Waals surface area contributed by atoms with Crippen molar-refractivity contribution in [2.45, 2.75) is 32.1 Å². The molecule has 0 bridgehead atoms. The minimum absolute atomic E-state index is 0.504. The highest BCUT2D eigenvalue weighted by atomic mass is 32.2. The summed E-state index contributed by atoms with van der Waals surface area (Å²) >= 11 is 1.68. The summed E-state index contributed by atoms with van der Waals surface area (Å²) in [5, 5.41) is 7.72. The molecule has 2 N–H and O–H groups in total. The Morgan fingerprint density at radius 3 is 1.92 bits per heavy atom. The van der Waals surface area contributed by atoms with E-state index in [1.165, 1.54) is 55.4 Å². The van der Waals surface area contributed by atoms with Crippen LogP contribution in [0.25, 0.3) is 60.3 Å². The second-order valence-corrected chi connectivity index (χ2v) is 14.5. The average molecular weight is 705 g/mol. The molecule has 2 nitrogen and oxygen atoms in total. The van der Waals surface area contributed by atoms with Crippen molar-refractivity contribution in [1.29, 1.82) is 0 Å². The first-order chi connectivity index (χ1) is 25.9. The van der Waals surface area contributed by atoms with Crippen LogP contribution in [0.3, 0.4) is 0 Å². The highest BCUT2D eigenvalue weighted by Crippen LogP contribution is 2.43. The van der Waals surface area contributed by atoms with Gasteiger partial charge in [-0.3, -0.25) is 4.99 Å². The highest BCUT2D eigenvalue weighted by molar-refractivity contribution is 8.05. The molecule has 0 unspecified atom stereocenters. The minimum Gasteiger partial charge on any atom is -0.397 e. The van der Waals surface area contributed by atoms with Crippen LogP contribution >= 0.6 is 11.8 Å². The van der Waals surface area contributed by atoms with Crippen LogP contribution in [0.2, 0.25) is 0 Å². The van der Waals surface area contributed by atoms with Crippen LogP contribution in [-0.2, 0) is 0 Å². The number of nitrogens with two attached hydrogens (primary N) is 1. The molecule has 0 fully saturated rings. The van der Waals surface area contributed by atoms with Gasteiger partial charge < -0.3 is 5.73 Å². The Bertz CT molecular complexity index is 2600. The van der Waals surface area contributed by atoms with Crippen LogP contribution in [0.1, 0.15) is 37.0 Å². The number of thioether (sulfide) groups is 1. The van der Waals surface area contributed by atoms with Crippen molar-refractivity contribution in [1.82, 2.24) is 0 Å². The molecule has 3 heteroatoms. The summed E-state index contributed by atoms with van der Waals surface area (Å²) < 4.78 is 0. The molecule has 0 aromatic heterocycles. The second-order valence-electron chi connectivity index (χ2n) is 13.4. The Balaban J connectivity index is 0.00000140. The molecule has 0 aliphatic carbocycles. The molecule has 0 amide bonds. The number of aryl methyl sites for hydroxylation is 1. The van der Waals surface area contributed by atoms with Crippen LogP contribution in [-0.4, -0.2) is 12.3 Å². The molecule has 0 saturated heterocycles. The summed E-state index contributed by atoms with van der Waals surface area (Å²) in [6.45, 7) is 14.7. The smallest absolute Gasteiger partial charge is 0.0822 e. The molecule has 1 aliphatic heterocycles. The van der Waals surface area contributed by atoms with Gasteiger partial charge in [0, 0.05) is 10.5 Å². The topological polar surface area (TPSA) is 38.4 Å². The van der Waals surface area contributed by atoms with Crippen LogP contribution in [0, 0.1) is 6.92 Å². The molecule has 53 heavy (non-hydrogen) atoms. The Hall–Kier alpha value is -5.90. The molecule has 0 saturated carbocycles. The van der Waals surface area contributed by atoms with Gasteiger partial charge in [0.15, 0.2) is 0 Å². The molecular weight excluding hydrogens is 661 g/mol. The van der Waals surface area contributed by atoms with Crippen LogP contribution in [0.4, 0.5) is 0 Å². The fraction of sp³-hybridized carbons (Fsp3) is 0.100. The number of fused-ring (bicyclic) bond motifs is 7. The van der Waals surface area contributed by atoms with Gasteiger partial charge in [-0.1, -0.05) is 178 Å². The lowest BCUT2D eigenvalue weighted by Crippen LogP contribution is -2.07. The Morgan fingerprint density at radius 2 is 1.23 bits per heavy atom. The highest BCUT2D eigenvalue weighted by Gasteiger charge is 2.26. The fourth-order valence-corrected chi connectivity index (χ4v) is 8.14. The summed E-state index contributed by atoms with van der Waals surface area (Å²) in [6.07, 6.45) is 6.79. The zero-order valence-electron chi connectivity index (χ0n) is 30.7. The quantitative estimate of drug-likeness (QED) is 0.132. The van der Waals surface area contributed by atoms with E-state index in [2.05, 4.69) is 167 Å². The van der Waals surface area contributed by atoms with Gasteiger partial charge in [0.2, 0.25) is 0 Å². The number of benzene rings is 7. The van der Waals surface area contributed by atoms with Gasteiger partial charge in [-0.15, -0.1) is 0 Å². The van der Waals surface area contributed by atoms with E-state index in [1.54, 1.807) is 17.8 Å². The predicted octanol–water partition coefficient (Wildman–Crippen LogP) is 13.7. The van der Waals surface area contributed by atoms with Crippen LogP contribution in [0.15, 0.2) is 185 Å². The molecule has 1 heterocycles. The standard InChI is InChI=1S/C47H36N2S.C3H8/c1-4-12-31(5-2)29-49-46-41-19-8-9-20-44(41)50-47(46)45(48)36-16-11-15-34(27-36)32-13-10-14-33(26-32)35-22-24-40-39-23-21-30(3)25-42(39)37-17-6-7-18-38(37)43(40)28-35;1-3-2/h4-28H,1-2,29,48H2,3H3;3H2,1-2H3/b31-12+,47-45+,49-46?;. The lowest BCUT2D eigenvalue weighted by Gasteiger charge is -2.13. The third kappa shape index (κ3) is 7.13. The summed E-state index contributed by atoms with van der Waals surface area (Å²) in [5.74, 6) is 0. The minimum atomic E-state index is 0.504. The monoisotopic (exact) mass is 704 g/mol. The van der Waals surface area contributed by atoms with Gasteiger partial charge in [0.25, 0.3) is 0 Å². The van der Waals surface area contributed by atoms with Crippen molar-refractivity contribution in [3.05, 3.63) is 192 Å². The van der Waals surface area contributed by atoms with Crippen molar-refractivity contribution < 1.29 is 0 Å². The first kappa shape index (κ1) is 35.5. The van der Waals surface area contributed by atoms with Gasteiger partial charge in [0.1, 0.15) is 0 Å². The maximum Gasteiger partial charge on any atom is 0.0822 e. The van der Waals surface area contributed by atoms with Crippen molar-refractivity contribution in [3.63, 3.8) is 0 Å². The van der Waals surface area contributed by atoms with E-state index in [9.17, 15) is 0 Å². The van der Waals surface area contributed by atoms with Crippen molar-refractivity contribution in [3.8, 4) is 22.3 Å². The van der Waals surface area contributed by atoms with E-state index in [-0.39, 0.29) is 0 Å². The predicted molar refractivity (Wildman–Crippen MR) is 234 cm³/mol. The number of rotatable bonds is 7. The zero-order valence-corrected chi connectivity index (χ0v) is 31.5. The molecule has 0 spiro atoms. The third-order valence-corrected chi connectivity index (χ3v) is 10.7. The van der Waals surface area contributed by atoms with Crippen molar-refractivity contribution >= 4 is 55.5 Å². The molecule has 260 valence electrons. The number of hydrogen-bond donors (Lipinski definition) is 1. The van der Waals surface area contributed by atoms with E-state index in [0.717, 1.165) is 49.0 Å². The van der Waals surface area contributed by atoms with Gasteiger partial charge in [-0.25, -0.2) is 0 Å². The molecule has 8 rings (SSSR count). The van der Waals surface area contributed by atoms with Crippen molar-refractivity contribution in [2.24, 2.45) is 10.7 Å². The number of aliphatic imine (C=N–C) groups is 1. The first-order valence-corrected chi connectivity index (χ1v) is 19.1. The molecule has 0 radical (unpaired) electrons. The maximum absolute atomic E-state index is 7.01. The van der Waals surface area contributed by atoms with Crippen LogP contribution < -0.4 is 5.73 Å². The lowest BCUT2D eigenvalue weighted by molar-refractivity contribution is 1.09. The summed E-state index contributed by atoms with van der Waals surface area (Å²) in [5.41, 5.74) is 17.6.